The fourth-order valence-corrected chi connectivity index (χ4v) is 0.833. The van der Waals surface area contributed by atoms with Gasteiger partial charge in [0.1, 0.15) is 0 Å². The van der Waals surface area contributed by atoms with Crippen molar-refractivity contribution in [2.45, 2.75) is 33.2 Å². The maximum atomic E-state index is 11.1. The summed E-state index contributed by atoms with van der Waals surface area (Å²) in [5.74, 6) is -1.32. The summed E-state index contributed by atoms with van der Waals surface area (Å²) in [5, 5.41) is 13.1. The van der Waals surface area contributed by atoms with Crippen LogP contribution in [0.25, 0.3) is 0 Å². The number of hydrogen-bond acceptors (Lipinski definition) is 4. The molecule has 0 aliphatic heterocycles. The minimum absolute atomic E-state index is 0.150. The smallest absolute Gasteiger partial charge is 0.428 e. The van der Waals surface area contributed by atoms with E-state index in [9.17, 15) is 9.59 Å². The summed E-state index contributed by atoms with van der Waals surface area (Å²) < 4.78 is 4.58. The summed E-state index contributed by atoms with van der Waals surface area (Å²) in [5.41, 5.74) is 4.52. The van der Waals surface area contributed by atoms with Crippen LogP contribution in [-0.4, -0.2) is 40.2 Å². The van der Waals surface area contributed by atoms with Crippen molar-refractivity contribution in [3.63, 3.8) is 0 Å². The third-order valence-electron chi connectivity index (χ3n) is 1.51. The second kappa shape index (κ2) is 5.34. The average Bonchev–Trinajstić information content (AvgIpc) is 2.11. The maximum Gasteiger partial charge on any atom is 0.428 e. The van der Waals surface area contributed by atoms with Gasteiger partial charge in [-0.2, -0.15) is 5.01 Å². The number of carboxylic acid groups (broad SMARTS) is 1. The minimum atomic E-state index is -1.29. The molecule has 7 heteroatoms. The zero-order valence-corrected chi connectivity index (χ0v) is 9.85. The Kier molecular flexibility index (Phi) is 4.74. The van der Waals surface area contributed by atoms with E-state index in [-0.39, 0.29) is 6.61 Å². The Morgan fingerprint density at radius 2 is 1.94 bits per heavy atom. The summed E-state index contributed by atoms with van der Waals surface area (Å²) >= 11 is 0. The molecule has 0 aromatic heterocycles. The van der Waals surface area contributed by atoms with Gasteiger partial charge in [-0.1, -0.05) is 0 Å². The van der Waals surface area contributed by atoms with Gasteiger partial charge in [0.15, 0.2) is 0 Å². The average molecular weight is 231 g/mol. The number of nitrogens with two attached hydrogens (primary N) is 1. The van der Waals surface area contributed by atoms with Crippen molar-refractivity contribution in [1.29, 1.82) is 0 Å². The maximum absolute atomic E-state index is 11.1. The van der Waals surface area contributed by atoms with Crippen molar-refractivity contribution in [3.8, 4) is 0 Å². The fraction of sp³-hybridized carbons (Fsp3) is 0.667. The molecule has 0 aliphatic rings. The van der Waals surface area contributed by atoms with Gasteiger partial charge in [-0.15, -0.1) is 5.10 Å². The second-order valence-electron chi connectivity index (χ2n) is 3.97. The van der Waals surface area contributed by atoms with E-state index in [0.29, 0.717) is 5.01 Å². The molecule has 0 aromatic rings. The van der Waals surface area contributed by atoms with E-state index in [4.69, 9.17) is 10.8 Å². The lowest BCUT2D eigenvalue weighted by atomic mass is 10.1. The van der Waals surface area contributed by atoms with Crippen molar-refractivity contribution >= 4 is 17.9 Å². The number of hydrogen-bond donors (Lipinski definition) is 2. The molecule has 0 fully saturated rings. The van der Waals surface area contributed by atoms with Gasteiger partial charge in [0.25, 0.3) is 0 Å². The first kappa shape index (κ1) is 14.2. The van der Waals surface area contributed by atoms with Crippen LogP contribution in [0.3, 0.4) is 0 Å². The van der Waals surface area contributed by atoms with Crippen LogP contribution >= 0.6 is 0 Å². The van der Waals surface area contributed by atoms with Crippen molar-refractivity contribution in [2.24, 2.45) is 10.8 Å². The van der Waals surface area contributed by atoms with Crippen LogP contribution in [0.2, 0.25) is 0 Å². The quantitative estimate of drug-likeness (QED) is 0.313. The van der Waals surface area contributed by atoms with Gasteiger partial charge >= 0.3 is 12.1 Å². The molecule has 0 radical (unpaired) electrons. The minimum Gasteiger partial charge on any atom is -0.464 e. The molecule has 0 spiro atoms. The number of ether oxygens (including phenoxy) is 1. The number of carbonyl (C=O) groups excluding carboxylic acids is 1. The molecular weight excluding hydrogens is 214 g/mol. The van der Waals surface area contributed by atoms with Crippen LogP contribution in [0.15, 0.2) is 5.10 Å². The Morgan fingerprint density at radius 3 is 2.25 bits per heavy atom. The molecule has 92 valence electrons. The first-order valence-corrected chi connectivity index (χ1v) is 4.74. The SMILES string of the molecule is CCOC(=O)C(N)=NN(C(=O)O)C(C)(C)C. The predicted octanol–water partition coefficient (Wildman–Crippen LogP) is 0.600. The zero-order chi connectivity index (χ0) is 12.9. The number of hydrazone groups is 1. The van der Waals surface area contributed by atoms with E-state index in [1.54, 1.807) is 27.7 Å². The van der Waals surface area contributed by atoms with E-state index in [1.165, 1.54) is 0 Å². The predicted molar refractivity (Wildman–Crippen MR) is 57.9 cm³/mol. The molecule has 0 aromatic carbocycles. The summed E-state index contributed by atoms with van der Waals surface area (Å²) in [4.78, 5) is 22.0. The molecule has 0 heterocycles. The highest BCUT2D eigenvalue weighted by molar-refractivity contribution is 6.34. The number of amidine groups is 1. The number of amides is 1. The normalized spacial score (nSPS) is 12.1. The van der Waals surface area contributed by atoms with Crippen molar-refractivity contribution in [3.05, 3.63) is 0 Å². The highest BCUT2D eigenvalue weighted by Gasteiger charge is 2.27. The first-order valence-electron chi connectivity index (χ1n) is 4.74. The summed E-state index contributed by atoms with van der Waals surface area (Å²) in [6.45, 7) is 6.65. The molecule has 3 N–H and O–H groups in total. The number of rotatable bonds is 2. The van der Waals surface area contributed by atoms with Crippen LogP contribution in [0.5, 0.6) is 0 Å². The van der Waals surface area contributed by atoms with Gasteiger partial charge in [0, 0.05) is 0 Å². The fourth-order valence-electron chi connectivity index (χ4n) is 0.833. The highest BCUT2D eigenvalue weighted by Crippen LogP contribution is 2.13. The van der Waals surface area contributed by atoms with Crippen LogP contribution in [0.4, 0.5) is 4.79 Å². The molecule has 7 nitrogen and oxygen atoms in total. The molecule has 16 heavy (non-hydrogen) atoms. The molecule has 0 saturated heterocycles. The summed E-state index contributed by atoms with van der Waals surface area (Å²) in [6, 6.07) is 0. The lowest BCUT2D eigenvalue weighted by Gasteiger charge is -2.28. The Hall–Kier alpha value is -1.79. The third kappa shape index (κ3) is 4.16. The van der Waals surface area contributed by atoms with Crippen LogP contribution in [0.1, 0.15) is 27.7 Å². The van der Waals surface area contributed by atoms with Gasteiger partial charge in [0.2, 0.25) is 5.84 Å². The first-order chi connectivity index (χ1) is 7.20. The largest absolute Gasteiger partial charge is 0.464 e. The standard InChI is InChI=1S/C9H17N3O4/c1-5-16-7(13)6(10)11-12(8(14)15)9(2,3)4/h5H2,1-4H3,(H2,10,11)(H,14,15). The highest BCUT2D eigenvalue weighted by atomic mass is 16.5. The summed E-state index contributed by atoms with van der Waals surface area (Å²) in [7, 11) is 0. The van der Waals surface area contributed by atoms with E-state index in [2.05, 4.69) is 9.84 Å². The van der Waals surface area contributed by atoms with Gasteiger partial charge in [-0.25, -0.2) is 9.59 Å². The molecule has 0 atom stereocenters. The third-order valence-corrected chi connectivity index (χ3v) is 1.51. The van der Waals surface area contributed by atoms with Gasteiger partial charge in [0.05, 0.1) is 12.1 Å². The molecule has 0 aliphatic carbocycles. The van der Waals surface area contributed by atoms with E-state index >= 15 is 0 Å². The molecule has 0 bridgehead atoms. The van der Waals surface area contributed by atoms with Crippen LogP contribution in [-0.2, 0) is 9.53 Å². The Morgan fingerprint density at radius 1 is 1.44 bits per heavy atom. The number of nitrogens with zero attached hydrogens (tertiary/aromatic N) is 2. The Labute approximate surface area is 93.9 Å². The number of esters is 1. The van der Waals surface area contributed by atoms with Crippen molar-refractivity contribution < 1.29 is 19.4 Å². The molecular formula is C9H17N3O4. The lowest BCUT2D eigenvalue weighted by Crippen LogP contribution is -2.43. The van der Waals surface area contributed by atoms with E-state index < -0.39 is 23.4 Å². The molecule has 0 unspecified atom stereocenters. The monoisotopic (exact) mass is 231 g/mol. The number of carbonyl (C=O) groups is 2. The van der Waals surface area contributed by atoms with Gasteiger partial charge in [-0.3, -0.25) is 0 Å². The zero-order valence-electron chi connectivity index (χ0n) is 9.85. The lowest BCUT2D eigenvalue weighted by molar-refractivity contribution is -0.135. The van der Waals surface area contributed by atoms with Crippen LogP contribution in [0, 0.1) is 0 Å². The van der Waals surface area contributed by atoms with Crippen molar-refractivity contribution in [2.75, 3.05) is 6.61 Å². The Balaban J connectivity index is 4.93. The van der Waals surface area contributed by atoms with Crippen LogP contribution < -0.4 is 5.73 Å². The van der Waals surface area contributed by atoms with Gasteiger partial charge < -0.3 is 15.6 Å². The van der Waals surface area contributed by atoms with E-state index in [0.717, 1.165) is 0 Å². The second-order valence-corrected chi connectivity index (χ2v) is 3.97. The molecule has 0 saturated carbocycles. The Bertz CT molecular complexity index is 306. The van der Waals surface area contributed by atoms with Gasteiger partial charge in [-0.05, 0) is 27.7 Å². The topological polar surface area (TPSA) is 105 Å². The summed E-state index contributed by atoms with van der Waals surface area (Å²) in [6.07, 6.45) is -1.29. The molecule has 0 rings (SSSR count). The van der Waals surface area contributed by atoms with Crippen molar-refractivity contribution in [1.82, 2.24) is 5.01 Å². The molecule has 1 amide bonds. The van der Waals surface area contributed by atoms with E-state index in [1.807, 2.05) is 0 Å².